The van der Waals surface area contributed by atoms with E-state index in [9.17, 15) is 26.0 Å². The van der Waals surface area contributed by atoms with E-state index in [1.54, 1.807) is 0 Å². The van der Waals surface area contributed by atoms with Crippen molar-refractivity contribution < 1.29 is 26.0 Å². The zero-order valence-corrected chi connectivity index (χ0v) is 14.8. The van der Waals surface area contributed by atoms with E-state index >= 15 is 0 Å². The largest absolute Gasteiger partial charge is 0.419 e. The van der Waals surface area contributed by atoms with Crippen LogP contribution in [-0.4, -0.2) is 38.5 Å². The molecule has 1 rings (SSSR count). The Morgan fingerprint density at radius 1 is 1.12 bits per heavy atom. The van der Waals surface area contributed by atoms with Gasteiger partial charge < -0.3 is 0 Å². The SMILES string of the molecule is CC(C)N(CCNS(=O)(=O)c1ccc(F)c(C(F)(F)F)c1)C(C)C. The van der Waals surface area contributed by atoms with Crippen molar-refractivity contribution in [2.24, 2.45) is 0 Å². The topological polar surface area (TPSA) is 49.4 Å². The molecule has 0 aliphatic heterocycles. The van der Waals surface area contributed by atoms with Crippen molar-refractivity contribution in [3.63, 3.8) is 0 Å². The van der Waals surface area contributed by atoms with Gasteiger partial charge in [-0.3, -0.25) is 4.90 Å². The van der Waals surface area contributed by atoms with Crippen LogP contribution in [0, 0.1) is 5.82 Å². The van der Waals surface area contributed by atoms with E-state index in [1.807, 2.05) is 32.6 Å². The van der Waals surface area contributed by atoms with Gasteiger partial charge in [0.25, 0.3) is 0 Å². The third-order valence-electron chi connectivity index (χ3n) is 3.54. The quantitative estimate of drug-likeness (QED) is 0.750. The van der Waals surface area contributed by atoms with E-state index in [-0.39, 0.29) is 18.6 Å². The van der Waals surface area contributed by atoms with Gasteiger partial charge in [0.05, 0.1) is 10.5 Å². The van der Waals surface area contributed by atoms with Crippen LogP contribution in [0.15, 0.2) is 23.1 Å². The first-order valence-corrected chi connectivity index (χ1v) is 8.96. The highest BCUT2D eigenvalue weighted by Gasteiger charge is 2.35. The van der Waals surface area contributed by atoms with Crippen molar-refractivity contribution in [3.05, 3.63) is 29.6 Å². The predicted octanol–water partition coefficient (Wildman–Crippen LogP) is 3.24. The molecule has 1 aromatic carbocycles. The van der Waals surface area contributed by atoms with Crippen molar-refractivity contribution >= 4 is 10.0 Å². The lowest BCUT2D eigenvalue weighted by Crippen LogP contribution is -2.42. The highest BCUT2D eigenvalue weighted by Crippen LogP contribution is 2.32. The van der Waals surface area contributed by atoms with Crippen molar-refractivity contribution in [2.45, 2.75) is 50.9 Å². The molecule has 9 heteroatoms. The molecule has 0 amide bonds. The van der Waals surface area contributed by atoms with Gasteiger partial charge >= 0.3 is 6.18 Å². The van der Waals surface area contributed by atoms with Crippen LogP contribution in [0.25, 0.3) is 0 Å². The molecular weight excluding hydrogens is 348 g/mol. The highest BCUT2D eigenvalue weighted by atomic mass is 32.2. The third kappa shape index (κ3) is 5.42. The number of hydrogen-bond acceptors (Lipinski definition) is 3. The van der Waals surface area contributed by atoms with Crippen LogP contribution in [0.1, 0.15) is 33.3 Å². The molecule has 0 saturated heterocycles. The summed E-state index contributed by atoms with van der Waals surface area (Å²) in [7, 11) is -4.15. The summed E-state index contributed by atoms with van der Waals surface area (Å²) < 4.78 is 77.8. The van der Waals surface area contributed by atoms with Crippen LogP contribution < -0.4 is 4.72 Å². The van der Waals surface area contributed by atoms with Gasteiger partial charge in [0.2, 0.25) is 10.0 Å². The molecule has 0 heterocycles. The molecule has 0 aliphatic rings. The van der Waals surface area contributed by atoms with Gasteiger partial charge in [-0.15, -0.1) is 0 Å². The Kier molecular flexibility index (Phi) is 6.77. The van der Waals surface area contributed by atoms with Crippen molar-refractivity contribution in [2.75, 3.05) is 13.1 Å². The Bertz CT molecular complexity index is 650. The van der Waals surface area contributed by atoms with E-state index in [4.69, 9.17) is 0 Å². The summed E-state index contributed by atoms with van der Waals surface area (Å²) in [6.07, 6.45) is -4.96. The summed E-state index contributed by atoms with van der Waals surface area (Å²) >= 11 is 0. The number of benzene rings is 1. The van der Waals surface area contributed by atoms with E-state index in [0.717, 1.165) is 6.07 Å². The molecule has 0 spiro atoms. The molecule has 0 fully saturated rings. The van der Waals surface area contributed by atoms with Crippen LogP contribution >= 0.6 is 0 Å². The summed E-state index contributed by atoms with van der Waals surface area (Å²) in [5.74, 6) is -1.51. The number of sulfonamides is 1. The zero-order chi connectivity index (χ0) is 18.7. The first-order chi connectivity index (χ1) is 10.9. The maximum atomic E-state index is 13.2. The normalized spacial score (nSPS) is 13.3. The van der Waals surface area contributed by atoms with E-state index < -0.39 is 32.5 Å². The zero-order valence-electron chi connectivity index (χ0n) is 14.0. The summed E-state index contributed by atoms with van der Waals surface area (Å²) in [4.78, 5) is 1.42. The maximum Gasteiger partial charge on any atom is 0.419 e. The van der Waals surface area contributed by atoms with Gasteiger partial charge in [-0.1, -0.05) is 0 Å². The fourth-order valence-corrected chi connectivity index (χ4v) is 3.44. The lowest BCUT2D eigenvalue weighted by atomic mass is 10.2. The lowest BCUT2D eigenvalue weighted by Gasteiger charge is -2.30. The van der Waals surface area contributed by atoms with E-state index in [2.05, 4.69) is 4.72 Å². The average molecular weight is 370 g/mol. The molecule has 138 valence electrons. The molecule has 0 aromatic heterocycles. The van der Waals surface area contributed by atoms with Crippen molar-refractivity contribution in [1.82, 2.24) is 9.62 Å². The third-order valence-corrected chi connectivity index (χ3v) is 5.00. The first kappa shape index (κ1) is 20.9. The van der Waals surface area contributed by atoms with Gasteiger partial charge in [0.1, 0.15) is 5.82 Å². The molecule has 0 aliphatic carbocycles. The van der Waals surface area contributed by atoms with E-state index in [0.29, 0.717) is 18.7 Å². The fourth-order valence-electron chi connectivity index (χ4n) is 2.39. The smallest absolute Gasteiger partial charge is 0.297 e. The number of nitrogens with zero attached hydrogens (tertiary/aromatic N) is 1. The van der Waals surface area contributed by atoms with Crippen LogP contribution in [0.3, 0.4) is 0 Å². The molecular formula is C15H22F4N2O2S. The van der Waals surface area contributed by atoms with Crippen molar-refractivity contribution in [1.29, 1.82) is 0 Å². The molecule has 0 saturated carbocycles. The molecule has 1 N–H and O–H groups in total. The molecule has 4 nitrogen and oxygen atoms in total. The number of halogens is 4. The van der Waals surface area contributed by atoms with Crippen molar-refractivity contribution in [3.8, 4) is 0 Å². The summed E-state index contributed by atoms with van der Waals surface area (Å²) in [5.41, 5.74) is -1.60. The van der Waals surface area contributed by atoms with Gasteiger partial charge in [-0.25, -0.2) is 17.5 Å². The Morgan fingerprint density at radius 3 is 2.12 bits per heavy atom. The summed E-state index contributed by atoms with van der Waals surface area (Å²) in [6, 6.07) is 2.01. The predicted molar refractivity (Wildman–Crippen MR) is 83.6 cm³/mol. The number of nitrogens with one attached hydrogen (secondary N) is 1. The van der Waals surface area contributed by atoms with Gasteiger partial charge in [0, 0.05) is 25.2 Å². The van der Waals surface area contributed by atoms with Gasteiger partial charge in [-0.05, 0) is 45.9 Å². The van der Waals surface area contributed by atoms with Crippen LogP contribution in [0.5, 0.6) is 0 Å². The summed E-state index contributed by atoms with van der Waals surface area (Å²) in [6.45, 7) is 8.29. The second-order valence-electron chi connectivity index (χ2n) is 5.96. The average Bonchev–Trinajstić information content (AvgIpc) is 2.41. The van der Waals surface area contributed by atoms with Crippen LogP contribution in [0.4, 0.5) is 17.6 Å². The van der Waals surface area contributed by atoms with Crippen LogP contribution in [0.2, 0.25) is 0 Å². The second kappa shape index (κ2) is 7.79. The summed E-state index contributed by atoms with van der Waals surface area (Å²) in [5, 5.41) is 0. The Hall–Kier alpha value is -1.19. The molecule has 1 aromatic rings. The standard InChI is InChI=1S/C15H22F4N2O2S/c1-10(2)21(11(3)4)8-7-20-24(22,23)12-5-6-14(16)13(9-12)15(17,18)19/h5-6,9-11,20H,7-8H2,1-4H3. The van der Waals surface area contributed by atoms with E-state index in [1.165, 1.54) is 0 Å². The minimum atomic E-state index is -4.96. The lowest BCUT2D eigenvalue weighted by molar-refractivity contribution is -0.140. The molecule has 24 heavy (non-hydrogen) atoms. The molecule has 0 bridgehead atoms. The monoisotopic (exact) mass is 370 g/mol. The Balaban J connectivity index is 2.90. The number of alkyl halides is 3. The Labute approximate surface area is 139 Å². The van der Waals surface area contributed by atoms with Gasteiger partial charge in [0.15, 0.2) is 0 Å². The molecule has 0 radical (unpaired) electrons. The minimum absolute atomic E-state index is 0.0391. The number of hydrogen-bond donors (Lipinski definition) is 1. The number of rotatable bonds is 7. The van der Waals surface area contributed by atoms with Gasteiger partial charge in [-0.2, -0.15) is 13.2 Å². The maximum absolute atomic E-state index is 13.2. The molecule has 0 unspecified atom stereocenters. The second-order valence-corrected chi connectivity index (χ2v) is 7.73. The highest BCUT2D eigenvalue weighted by molar-refractivity contribution is 7.89. The fraction of sp³-hybridized carbons (Fsp3) is 0.600. The molecule has 0 atom stereocenters. The first-order valence-electron chi connectivity index (χ1n) is 7.48. The Morgan fingerprint density at radius 2 is 1.67 bits per heavy atom. The minimum Gasteiger partial charge on any atom is -0.297 e. The van der Waals surface area contributed by atoms with Crippen LogP contribution in [-0.2, 0) is 16.2 Å².